The highest BCUT2D eigenvalue weighted by atomic mass is 16.5. The maximum absolute atomic E-state index is 11.7. The van der Waals surface area contributed by atoms with Gasteiger partial charge in [0.05, 0.1) is 13.2 Å². The molecule has 0 bridgehead atoms. The van der Waals surface area contributed by atoms with Gasteiger partial charge < -0.3 is 9.47 Å². The molecule has 4 nitrogen and oxygen atoms in total. The molecule has 38 heavy (non-hydrogen) atoms. The van der Waals surface area contributed by atoms with Gasteiger partial charge in [-0.2, -0.15) is 0 Å². The smallest absolute Gasteiger partial charge is 0.330 e. The second-order valence-corrected chi connectivity index (χ2v) is 11.1. The van der Waals surface area contributed by atoms with Crippen molar-refractivity contribution in [1.29, 1.82) is 0 Å². The summed E-state index contributed by atoms with van der Waals surface area (Å²) < 4.78 is 10.6. The second-order valence-electron chi connectivity index (χ2n) is 11.1. The van der Waals surface area contributed by atoms with Gasteiger partial charge in [-0.25, -0.2) is 4.79 Å². The lowest BCUT2D eigenvalue weighted by Gasteiger charge is -2.05. The molecule has 0 unspecified atom stereocenters. The first-order valence-corrected chi connectivity index (χ1v) is 16.7. The van der Waals surface area contributed by atoms with E-state index in [9.17, 15) is 9.59 Å². The standard InChI is InChI=1S/C34H64O4/c1-3-5-7-23-27-31-37-33(35)29-25-21-19-17-15-13-11-9-10-12-14-16-18-20-22-26-30-34(36)38-32-28-24-8-6-4-2/h25,29H,3-24,26-28,30-32H2,1-2H3/b29-25+. The van der Waals surface area contributed by atoms with Gasteiger partial charge in [0.15, 0.2) is 0 Å². The van der Waals surface area contributed by atoms with E-state index in [2.05, 4.69) is 13.8 Å². The van der Waals surface area contributed by atoms with Gasteiger partial charge in [0, 0.05) is 12.5 Å². The number of unbranched alkanes of at least 4 members (excludes halogenated alkanes) is 22. The average molecular weight is 537 g/mol. The molecule has 0 aromatic carbocycles. The Labute approximate surface area is 237 Å². The normalized spacial score (nSPS) is 11.3. The number of ether oxygens (including phenoxy) is 2. The maximum Gasteiger partial charge on any atom is 0.330 e. The fraction of sp³-hybridized carbons (Fsp3) is 0.882. The zero-order chi connectivity index (χ0) is 27.8. The van der Waals surface area contributed by atoms with Crippen LogP contribution in [0.25, 0.3) is 0 Å². The van der Waals surface area contributed by atoms with Crippen molar-refractivity contribution in [3.8, 4) is 0 Å². The van der Waals surface area contributed by atoms with E-state index in [4.69, 9.17) is 9.47 Å². The summed E-state index contributed by atoms with van der Waals surface area (Å²) in [6.07, 6.45) is 35.0. The highest BCUT2D eigenvalue weighted by Crippen LogP contribution is 2.14. The summed E-state index contributed by atoms with van der Waals surface area (Å²) in [6.45, 7) is 5.59. The monoisotopic (exact) mass is 536 g/mol. The van der Waals surface area contributed by atoms with Crippen molar-refractivity contribution >= 4 is 11.9 Å². The molecule has 0 N–H and O–H groups in total. The summed E-state index contributed by atoms with van der Waals surface area (Å²) in [5, 5.41) is 0. The first kappa shape index (κ1) is 36.7. The zero-order valence-corrected chi connectivity index (χ0v) is 25.6. The minimum absolute atomic E-state index is 0.00185. The van der Waals surface area contributed by atoms with E-state index >= 15 is 0 Å². The van der Waals surface area contributed by atoms with Gasteiger partial charge in [-0.15, -0.1) is 0 Å². The van der Waals surface area contributed by atoms with Crippen LogP contribution in [-0.2, 0) is 19.1 Å². The molecule has 0 radical (unpaired) electrons. The quantitative estimate of drug-likeness (QED) is 0.0520. The number of allylic oxidation sites excluding steroid dienone is 1. The fourth-order valence-electron chi connectivity index (χ4n) is 4.72. The lowest BCUT2D eigenvalue weighted by Crippen LogP contribution is -2.05. The zero-order valence-electron chi connectivity index (χ0n) is 25.6. The van der Waals surface area contributed by atoms with E-state index in [-0.39, 0.29) is 11.9 Å². The molecule has 0 spiro atoms. The van der Waals surface area contributed by atoms with Crippen LogP contribution in [0.1, 0.15) is 181 Å². The van der Waals surface area contributed by atoms with Crippen LogP contribution in [0.5, 0.6) is 0 Å². The third-order valence-corrected chi connectivity index (χ3v) is 7.26. The summed E-state index contributed by atoms with van der Waals surface area (Å²) in [5.41, 5.74) is 0. The van der Waals surface area contributed by atoms with Gasteiger partial charge in [0.1, 0.15) is 0 Å². The Morgan fingerprint density at radius 2 is 0.868 bits per heavy atom. The fourth-order valence-corrected chi connectivity index (χ4v) is 4.72. The number of hydrogen-bond donors (Lipinski definition) is 0. The minimum atomic E-state index is -0.179. The summed E-state index contributed by atoms with van der Waals surface area (Å²) in [7, 11) is 0. The van der Waals surface area contributed by atoms with E-state index in [0.717, 1.165) is 38.5 Å². The Balaban J connectivity index is 3.23. The number of rotatable bonds is 30. The van der Waals surface area contributed by atoms with E-state index in [1.807, 2.05) is 6.08 Å². The van der Waals surface area contributed by atoms with Gasteiger partial charge in [0.25, 0.3) is 0 Å². The van der Waals surface area contributed by atoms with Gasteiger partial charge in [-0.05, 0) is 32.1 Å². The number of esters is 2. The van der Waals surface area contributed by atoms with E-state index in [1.165, 1.54) is 122 Å². The maximum atomic E-state index is 11.7. The summed E-state index contributed by atoms with van der Waals surface area (Å²) in [5.74, 6) is -0.181. The van der Waals surface area contributed by atoms with Crippen LogP contribution in [0.15, 0.2) is 12.2 Å². The molecule has 0 heterocycles. The molecule has 0 fully saturated rings. The van der Waals surface area contributed by atoms with Crippen molar-refractivity contribution in [2.45, 2.75) is 181 Å². The predicted molar refractivity (Wildman–Crippen MR) is 162 cm³/mol. The molecular formula is C34H64O4. The Morgan fingerprint density at radius 1 is 0.474 bits per heavy atom. The molecule has 224 valence electrons. The van der Waals surface area contributed by atoms with Crippen LogP contribution in [0.3, 0.4) is 0 Å². The van der Waals surface area contributed by atoms with Crippen molar-refractivity contribution in [3.63, 3.8) is 0 Å². The van der Waals surface area contributed by atoms with Crippen molar-refractivity contribution in [2.75, 3.05) is 13.2 Å². The molecule has 0 aromatic heterocycles. The molecule has 4 heteroatoms. The lowest BCUT2D eigenvalue weighted by molar-refractivity contribution is -0.144. The average Bonchev–Trinajstić information content (AvgIpc) is 2.91. The van der Waals surface area contributed by atoms with Gasteiger partial charge >= 0.3 is 11.9 Å². The van der Waals surface area contributed by atoms with E-state index < -0.39 is 0 Å². The predicted octanol–water partition coefficient (Wildman–Crippen LogP) is 10.8. The Bertz CT molecular complexity index is 529. The topological polar surface area (TPSA) is 52.6 Å². The third kappa shape index (κ3) is 30.9. The van der Waals surface area contributed by atoms with E-state index in [1.54, 1.807) is 6.08 Å². The molecule has 0 rings (SSSR count). The highest BCUT2D eigenvalue weighted by Gasteiger charge is 2.02. The second kappa shape index (κ2) is 31.9. The van der Waals surface area contributed by atoms with Crippen molar-refractivity contribution in [1.82, 2.24) is 0 Å². The highest BCUT2D eigenvalue weighted by molar-refractivity contribution is 5.81. The first-order chi connectivity index (χ1) is 18.7. The van der Waals surface area contributed by atoms with Gasteiger partial charge in [-0.3, -0.25) is 4.79 Å². The van der Waals surface area contributed by atoms with Crippen LogP contribution in [0, 0.1) is 0 Å². The molecule has 0 saturated carbocycles. The van der Waals surface area contributed by atoms with Crippen LogP contribution in [0.4, 0.5) is 0 Å². The van der Waals surface area contributed by atoms with E-state index in [0.29, 0.717) is 19.6 Å². The van der Waals surface area contributed by atoms with Crippen LogP contribution in [-0.4, -0.2) is 25.2 Å². The molecule has 0 saturated heterocycles. The molecular weight excluding hydrogens is 472 g/mol. The van der Waals surface area contributed by atoms with Crippen LogP contribution in [0.2, 0.25) is 0 Å². The molecule has 0 aliphatic rings. The number of carbonyl (C=O) groups is 2. The lowest BCUT2D eigenvalue weighted by atomic mass is 10.0. The summed E-state index contributed by atoms with van der Waals surface area (Å²) in [6, 6.07) is 0. The van der Waals surface area contributed by atoms with Gasteiger partial charge in [0.2, 0.25) is 0 Å². The first-order valence-electron chi connectivity index (χ1n) is 16.7. The molecule has 0 amide bonds. The third-order valence-electron chi connectivity index (χ3n) is 7.26. The molecule has 0 aliphatic heterocycles. The van der Waals surface area contributed by atoms with Crippen molar-refractivity contribution in [2.24, 2.45) is 0 Å². The molecule has 0 atom stereocenters. The largest absolute Gasteiger partial charge is 0.466 e. The SMILES string of the molecule is CCCCCCCOC(=O)/C=C/CCCCCCCCCCCCCCCCC(=O)OCCCCCCC. The molecule has 0 aromatic rings. The van der Waals surface area contributed by atoms with Crippen LogP contribution < -0.4 is 0 Å². The Kier molecular flexibility index (Phi) is 30.8. The van der Waals surface area contributed by atoms with Crippen LogP contribution >= 0.6 is 0 Å². The molecule has 0 aliphatic carbocycles. The van der Waals surface area contributed by atoms with Gasteiger partial charge in [-0.1, -0.05) is 148 Å². The van der Waals surface area contributed by atoms with Crippen molar-refractivity contribution < 1.29 is 19.1 Å². The minimum Gasteiger partial charge on any atom is -0.466 e. The van der Waals surface area contributed by atoms with Crippen molar-refractivity contribution in [3.05, 3.63) is 12.2 Å². The number of carbonyl (C=O) groups excluding carboxylic acids is 2. The Morgan fingerprint density at radius 3 is 1.37 bits per heavy atom. The Hall–Kier alpha value is -1.32. The number of hydrogen-bond acceptors (Lipinski definition) is 4. The summed E-state index contributed by atoms with van der Waals surface area (Å²) in [4.78, 5) is 23.4. The summed E-state index contributed by atoms with van der Waals surface area (Å²) >= 11 is 0.